The number of halogens is 1. The van der Waals surface area contributed by atoms with Crippen molar-refractivity contribution in [2.24, 2.45) is 0 Å². The van der Waals surface area contributed by atoms with Crippen molar-refractivity contribution in [3.05, 3.63) is 34.3 Å². The van der Waals surface area contributed by atoms with Crippen molar-refractivity contribution in [2.75, 3.05) is 26.2 Å². The molecule has 4 heteroatoms. The van der Waals surface area contributed by atoms with Gasteiger partial charge in [0.2, 0.25) is 0 Å². The predicted molar refractivity (Wildman–Crippen MR) is 88.5 cm³/mol. The summed E-state index contributed by atoms with van der Waals surface area (Å²) in [6.45, 7) is 4.30. The molecule has 0 N–H and O–H groups in total. The number of likely N-dealkylation sites (tertiary alicyclic amines) is 2. The summed E-state index contributed by atoms with van der Waals surface area (Å²) in [5, 5.41) is 0. The van der Waals surface area contributed by atoms with E-state index in [1.54, 1.807) is 0 Å². The van der Waals surface area contributed by atoms with E-state index in [9.17, 15) is 4.79 Å². The number of benzene rings is 1. The molecule has 1 amide bonds. The van der Waals surface area contributed by atoms with E-state index in [2.05, 4.69) is 20.8 Å². The smallest absolute Gasteiger partial charge is 0.253 e. The molecule has 1 atom stereocenters. The van der Waals surface area contributed by atoms with Gasteiger partial charge >= 0.3 is 0 Å². The van der Waals surface area contributed by atoms with Crippen molar-refractivity contribution in [3.63, 3.8) is 0 Å². The fraction of sp³-hybridized carbons (Fsp3) is 0.588. The third-order valence-electron chi connectivity index (χ3n) is 4.71. The van der Waals surface area contributed by atoms with Crippen molar-refractivity contribution in [3.8, 4) is 0 Å². The van der Waals surface area contributed by atoms with Gasteiger partial charge in [-0.3, -0.25) is 4.79 Å². The second-order valence-corrected chi connectivity index (χ2v) is 7.05. The molecule has 0 bridgehead atoms. The van der Waals surface area contributed by atoms with Crippen molar-refractivity contribution in [1.29, 1.82) is 0 Å². The van der Waals surface area contributed by atoms with Crippen molar-refractivity contribution >= 4 is 21.8 Å². The van der Waals surface area contributed by atoms with Crippen LogP contribution in [0.1, 0.15) is 42.5 Å². The van der Waals surface area contributed by atoms with Crippen LogP contribution in [-0.4, -0.2) is 47.9 Å². The number of nitrogens with zero attached hydrogens (tertiary/aromatic N) is 2. The molecule has 0 spiro atoms. The number of carbonyl (C=O) groups excluding carboxylic acids is 1. The Hall–Kier alpha value is -0.870. The van der Waals surface area contributed by atoms with E-state index >= 15 is 0 Å². The molecule has 2 saturated heterocycles. The normalized spacial score (nSPS) is 24.0. The van der Waals surface area contributed by atoms with Gasteiger partial charge in [0.1, 0.15) is 0 Å². The van der Waals surface area contributed by atoms with Crippen LogP contribution >= 0.6 is 15.9 Å². The van der Waals surface area contributed by atoms with E-state index in [1.165, 1.54) is 32.4 Å². The molecule has 2 aliphatic rings. The molecular weight excluding hydrogens is 328 g/mol. The summed E-state index contributed by atoms with van der Waals surface area (Å²) in [5.41, 5.74) is 0.795. The highest BCUT2D eigenvalue weighted by Gasteiger charge is 2.26. The van der Waals surface area contributed by atoms with Crippen LogP contribution in [-0.2, 0) is 0 Å². The summed E-state index contributed by atoms with van der Waals surface area (Å²) in [6.07, 6.45) is 6.18. The average Bonchev–Trinajstić information content (AvgIpc) is 2.91. The van der Waals surface area contributed by atoms with Gasteiger partial charge in [-0.05, 0) is 63.4 Å². The summed E-state index contributed by atoms with van der Waals surface area (Å²) in [5.74, 6) is 0.179. The van der Waals surface area contributed by atoms with Crippen molar-refractivity contribution in [2.45, 2.75) is 38.1 Å². The van der Waals surface area contributed by atoms with Crippen LogP contribution in [0.5, 0.6) is 0 Å². The van der Waals surface area contributed by atoms with Crippen LogP contribution < -0.4 is 0 Å². The topological polar surface area (TPSA) is 23.6 Å². The van der Waals surface area contributed by atoms with E-state index in [0.717, 1.165) is 36.0 Å². The molecule has 114 valence electrons. The molecule has 3 rings (SSSR count). The lowest BCUT2D eigenvalue weighted by molar-refractivity contribution is 0.0757. The first kappa shape index (κ1) is 15.0. The molecule has 1 aromatic carbocycles. The zero-order valence-electron chi connectivity index (χ0n) is 12.4. The van der Waals surface area contributed by atoms with E-state index in [1.807, 2.05) is 29.2 Å². The molecular formula is C17H23BrN2O. The molecule has 0 aromatic heterocycles. The van der Waals surface area contributed by atoms with Gasteiger partial charge in [-0.1, -0.05) is 22.0 Å². The lowest BCUT2D eigenvalue weighted by Gasteiger charge is -2.26. The second kappa shape index (κ2) is 6.93. The highest BCUT2D eigenvalue weighted by Crippen LogP contribution is 2.22. The van der Waals surface area contributed by atoms with E-state index in [-0.39, 0.29) is 5.91 Å². The monoisotopic (exact) mass is 350 g/mol. The molecule has 1 aromatic rings. The Morgan fingerprint density at radius 2 is 1.86 bits per heavy atom. The van der Waals surface area contributed by atoms with Gasteiger partial charge in [-0.15, -0.1) is 0 Å². The first-order chi connectivity index (χ1) is 10.2. The van der Waals surface area contributed by atoms with Crippen LogP contribution in [0.3, 0.4) is 0 Å². The summed E-state index contributed by atoms with van der Waals surface area (Å²) in [7, 11) is 0. The maximum Gasteiger partial charge on any atom is 0.253 e. The zero-order valence-corrected chi connectivity index (χ0v) is 14.0. The Bertz CT molecular complexity index is 499. The molecule has 3 nitrogen and oxygen atoms in total. The molecule has 2 fully saturated rings. The van der Waals surface area contributed by atoms with Crippen LogP contribution in [0.2, 0.25) is 0 Å². The largest absolute Gasteiger partial charge is 0.339 e. The van der Waals surface area contributed by atoms with Crippen LogP contribution in [0, 0.1) is 0 Å². The Balaban J connectivity index is 1.63. The van der Waals surface area contributed by atoms with Gasteiger partial charge in [0.15, 0.2) is 0 Å². The van der Waals surface area contributed by atoms with Gasteiger partial charge in [0, 0.05) is 29.2 Å². The van der Waals surface area contributed by atoms with E-state index in [0.29, 0.717) is 6.04 Å². The lowest BCUT2D eigenvalue weighted by atomic mass is 10.1. The van der Waals surface area contributed by atoms with Gasteiger partial charge in [-0.2, -0.15) is 0 Å². The van der Waals surface area contributed by atoms with Gasteiger partial charge < -0.3 is 9.80 Å². The maximum atomic E-state index is 12.6. The Morgan fingerprint density at radius 3 is 2.62 bits per heavy atom. The Morgan fingerprint density at radius 1 is 1.05 bits per heavy atom. The third-order valence-corrected chi connectivity index (χ3v) is 5.21. The second-order valence-electron chi connectivity index (χ2n) is 6.13. The SMILES string of the molecule is O=C(c1cccc(Br)c1)N1CCCC(N2CCCC2)CC1. The number of hydrogen-bond acceptors (Lipinski definition) is 2. The van der Waals surface area contributed by atoms with Crippen LogP contribution in [0.4, 0.5) is 0 Å². The minimum absolute atomic E-state index is 0.179. The van der Waals surface area contributed by atoms with Gasteiger partial charge in [0.25, 0.3) is 5.91 Å². The minimum atomic E-state index is 0.179. The zero-order chi connectivity index (χ0) is 14.7. The summed E-state index contributed by atoms with van der Waals surface area (Å²) < 4.78 is 0.970. The highest BCUT2D eigenvalue weighted by atomic mass is 79.9. The quantitative estimate of drug-likeness (QED) is 0.814. The molecule has 2 heterocycles. The minimum Gasteiger partial charge on any atom is -0.339 e. The highest BCUT2D eigenvalue weighted by molar-refractivity contribution is 9.10. The summed E-state index contributed by atoms with van der Waals surface area (Å²) in [6, 6.07) is 8.42. The molecule has 0 saturated carbocycles. The molecule has 1 unspecified atom stereocenters. The standard InChI is InChI=1S/C17H23BrN2O/c18-15-6-3-5-14(13-15)17(21)20-11-4-7-16(8-12-20)19-9-1-2-10-19/h3,5-6,13,16H,1-2,4,7-12H2. The number of amides is 1. The summed E-state index contributed by atoms with van der Waals surface area (Å²) in [4.78, 5) is 17.3. The fourth-order valence-electron chi connectivity index (χ4n) is 3.56. The first-order valence-electron chi connectivity index (χ1n) is 8.03. The van der Waals surface area contributed by atoms with Crippen LogP contribution in [0.25, 0.3) is 0 Å². The lowest BCUT2D eigenvalue weighted by Crippen LogP contribution is -2.35. The van der Waals surface area contributed by atoms with Gasteiger partial charge in [0.05, 0.1) is 0 Å². The average molecular weight is 351 g/mol. The number of rotatable bonds is 2. The van der Waals surface area contributed by atoms with Gasteiger partial charge in [-0.25, -0.2) is 0 Å². The summed E-state index contributed by atoms with van der Waals surface area (Å²) >= 11 is 3.45. The maximum absolute atomic E-state index is 12.6. The predicted octanol–water partition coefficient (Wildman–Crippen LogP) is 3.54. The number of hydrogen-bond donors (Lipinski definition) is 0. The molecule has 0 radical (unpaired) electrons. The first-order valence-corrected chi connectivity index (χ1v) is 8.82. The van der Waals surface area contributed by atoms with Crippen LogP contribution in [0.15, 0.2) is 28.7 Å². The third kappa shape index (κ3) is 3.67. The van der Waals surface area contributed by atoms with E-state index in [4.69, 9.17) is 0 Å². The molecule has 2 aliphatic heterocycles. The Labute approximate surface area is 135 Å². The Kier molecular flexibility index (Phi) is 4.96. The van der Waals surface area contributed by atoms with Crippen molar-refractivity contribution in [1.82, 2.24) is 9.80 Å². The fourth-order valence-corrected chi connectivity index (χ4v) is 3.96. The van der Waals surface area contributed by atoms with E-state index < -0.39 is 0 Å². The molecule has 0 aliphatic carbocycles. The van der Waals surface area contributed by atoms with Crippen molar-refractivity contribution < 1.29 is 4.79 Å². The number of carbonyl (C=O) groups is 1. The molecule has 21 heavy (non-hydrogen) atoms.